The molecule has 1 fully saturated rings. The van der Waals surface area contributed by atoms with Crippen LogP contribution in [0, 0.1) is 5.92 Å². The fraction of sp³-hybridized carbons (Fsp3) is 0.333. The zero-order valence-electron chi connectivity index (χ0n) is 14.8. The molecule has 1 aromatic heterocycles. The van der Waals surface area contributed by atoms with Crippen LogP contribution in [0.2, 0.25) is 0 Å². The fourth-order valence-electron chi connectivity index (χ4n) is 3.02. The van der Waals surface area contributed by atoms with Crippen LogP contribution < -0.4 is 10.6 Å². The van der Waals surface area contributed by atoms with Gasteiger partial charge in [-0.3, -0.25) is 9.59 Å². The Balaban J connectivity index is 1.60. The summed E-state index contributed by atoms with van der Waals surface area (Å²) in [6.45, 7) is 0.632. The van der Waals surface area contributed by atoms with Gasteiger partial charge in [0.05, 0.1) is 0 Å². The summed E-state index contributed by atoms with van der Waals surface area (Å²) in [7, 11) is -1.92. The number of carbonyl (C=O) groups is 2. The molecule has 2 N–H and O–H groups in total. The van der Waals surface area contributed by atoms with Crippen molar-refractivity contribution in [2.24, 2.45) is 5.92 Å². The molecule has 2 aromatic rings. The topological polar surface area (TPSA) is 95.6 Å². The van der Waals surface area contributed by atoms with Crippen LogP contribution in [-0.2, 0) is 14.8 Å². The van der Waals surface area contributed by atoms with E-state index in [0.29, 0.717) is 41.4 Å². The lowest BCUT2D eigenvalue weighted by molar-refractivity contribution is -0.120. The molecule has 2 heterocycles. The highest BCUT2D eigenvalue weighted by atomic mass is 32.2. The molecule has 0 radical (unpaired) electrons. The minimum absolute atomic E-state index is 0.155. The summed E-state index contributed by atoms with van der Waals surface area (Å²) >= 11 is 1.20. The number of nitrogens with zero attached hydrogens (tertiary/aromatic N) is 1. The number of hydrogen-bond donors (Lipinski definition) is 2. The first-order valence-electron chi connectivity index (χ1n) is 8.58. The molecule has 0 spiro atoms. The van der Waals surface area contributed by atoms with E-state index in [-0.39, 0.29) is 17.7 Å². The van der Waals surface area contributed by atoms with Crippen LogP contribution >= 0.6 is 11.3 Å². The molecular weight excluding hydrogens is 386 g/mol. The molecule has 7 nitrogen and oxygen atoms in total. The van der Waals surface area contributed by atoms with Gasteiger partial charge in [-0.2, -0.15) is 4.31 Å². The van der Waals surface area contributed by atoms with Crippen LogP contribution in [0.3, 0.4) is 0 Å². The molecule has 0 saturated carbocycles. The van der Waals surface area contributed by atoms with Crippen LogP contribution in [0.1, 0.15) is 23.2 Å². The van der Waals surface area contributed by atoms with Gasteiger partial charge in [-0.25, -0.2) is 8.42 Å². The highest BCUT2D eigenvalue weighted by molar-refractivity contribution is 7.91. The zero-order chi connectivity index (χ0) is 19.4. The van der Waals surface area contributed by atoms with Gasteiger partial charge in [0, 0.05) is 37.3 Å². The maximum absolute atomic E-state index is 12.5. The van der Waals surface area contributed by atoms with Crippen molar-refractivity contribution in [3.05, 3.63) is 47.3 Å². The Morgan fingerprint density at radius 3 is 2.52 bits per heavy atom. The number of nitrogens with one attached hydrogen (secondary N) is 2. The van der Waals surface area contributed by atoms with Gasteiger partial charge >= 0.3 is 0 Å². The molecule has 144 valence electrons. The molecule has 3 rings (SSSR count). The van der Waals surface area contributed by atoms with Gasteiger partial charge in [0.25, 0.3) is 15.9 Å². The Hall–Kier alpha value is -2.23. The molecule has 1 aliphatic heterocycles. The molecule has 0 unspecified atom stereocenters. The van der Waals surface area contributed by atoms with E-state index in [1.807, 2.05) is 0 Å². The smallest absolute Gasteiger partial charge is 0.252 e. The number of thiophene rings is 1. The van der Waals surface area contributed by atoms with E-state index in [2.05, 4.69) is 10.6 Å². The maximum Gasteiger partial charge on any atom is 0.252 e. The summed E-state index contributed by atoms with van der Waals surface area (Å²) in [5.74, 6) is -0.640. The van der Waals surface area contributed by atoms with Gasteiger partial charge < -0.3 is 10.6 Å². The van der Waals surface area contributed by atoms with Crippen LogP contribution in [0.25, 0.3) is 0 Å². The van der Waals surface area contributed by atoms with Gasteiger partial charge in [0.1, 0.15) is 4.21 Å². The van der Waals surface area contributed by atoms with Crippen LogP contribution in [-0.4, -0.2) is 44.7 Å². The Morgan fingerprint density at radius 2 is 1.89 bits per heavy atom. The number of piperidine rings is 1. The third-order valence-corrected chi connectivity index (χ3v) is 7.80. The first kappa shape index (κ1) is 19.5. The monoisotopic (exact) mass is 407 g/mol. The lowest BCUT2D eigenvalue weighted by atomic mass is 9.97. The van der Waals surface area contributed by atoms with E-state index < -0.39 is 10.0 Å². The molecule has 0 atom stereocenters. The summed E-state index contributed by atoms with van der Waals surface area (Å²) < 4.78 is 26.9. The van der Waals surface area contributed by atoms with Gasteiger partial charge in [0.2, 0.25) is 5.91 Å². The standard InChI is InChI=1S/C18H21N3O4S2/c1-19-17(22)14-4-2-5-15(12-14)20-18(23)13-7-9-21(10-8-13)27(24,25)16-6-3-11-26-16/h2-6,11-13H,7-10H2,1H3,(H,19,22)(H,20,23). The first-order chi connectivity index (χ1) is 12.9. The van der Waals surface area contributed by atoms with Gasteiger partial charge in [-0.15, -0.1) is 11.3 Å². The van der Waals surface area contributed by atoms with E-state index >= 15 is 0 Å². The number of sulfonamides is 1. The SMILES string of the molecule is CNC(=O)c1cccc(NC(=O)C2CCN(S(=O)(=O)c3cccs3)CC2)c1. The molecule has 2 amide bonds. The van der Waals surface area contributed by atoms with Crippen molar-refractivity contribution in [2.75, 3.05) is 25.5 Å². The van der Waals surface area contributed by atoms with Crippen molar-refractivity contribution in [3.8, 4) is 0 Å². The first-order valence-corrected chi connectivity index (χ1v) is 10.9. The predicted molar refractivity (Wildman–Crippen MR) is 104 cm³/mol. The average Bonchev–Trinajstić information content (AvgIpc) is 3.23. The summed E-state index contributed by atoms with van der Waals surface area (Å²) in [4.78, 5) is 24.2. The molecule has 1 saturated heterocycles. The van der Waals surface area contributed by atoms with Gasteiger partial charge in [-0.1, -0.05) is 12.1 Å². The second-order valence-corrected chi connectivity index (χ2v) is 9.37. The quantitative estimate of drug-likeness (QED) is 0.794. The Bertz CT molecular complexity index is 918. The minimum Gasteiger partial charge on any atom is -0.355 e. The van der Waals surface area contributed by atoms with E-state index in [0.717, 1.165) is 0 Å². The maximum atomic E-state index is 12.5. The average molecular weight is 408 g/mol. The number of anilines is 1. The molecular formula is C18H21N3O4S2. The molecule has 0 bridgehead atoms. The summed E-state index contributed by atoms with van der Waals surface area (Å²) in [5, 5.41) is 7.11. The Morgan fingerprint density at radius 1 is 1.15 bits per heavy atom. The predicted octanol–water partition coefficient (Wildman–Crippen LogP) is 2.15. The number of hydrogen-bond acceptors (Lipinski definition) is 5. The van der Waals surface area contributed by atoms with E-state index in [1.54, 1.807) is 48.8 Å². The lowest BCUT2D eigenvalue weighted by Gasteiger charge is -2.30. The fourth-order valence-corrected chi connectivity index (χ4v) is 5.64. The van der Waals surface area contributed by atoms with Crippen LogP contribution in [0.15, 0.2) is 46.0 Å². The van der Waals surface area contributed by atoms with Crippen molar-refractivity contribution in [2.45, 2.75) is 17.1 Å². The number of carbonyl (C=O) groups excluding carboxylic acids is 2. The second kappa shape index (κ2) is 8.20. The van der Waals surface area contributed by atoms with Crippen molar-refractivity contribution in [1.29, 1.82) is 0 Å². The van der Waals surface area contributed by atoms with Crippen molar-refractivity contribution in [3.63, 3.8) is 0 Å². The normalized spacial score (nSPS) is 16.0. The van der Waals surface area contributed by atoms with Gasteiger partial charge in [-0.05, 0) is 42.5 Å². The lowest BCUT2D eigenvalue weighted by Crippen LogP contribution is -2.41. The molecule has 1 aromatic carbocycles. The Labute approximate surface area is 162 Å². The summed E-state index contributed by atoms with van der Waals surface area (Å²) in [6.07, 6.45) is 0.928. The summed E-state index contributed by atoms with van der Waals surface area (Å²) in [5.41, 5.74) is 1.02. The largest absolute Gasteiger partial charge is 0.355 e. The Kier molecular flexibility index (Phi) is 5.93. The van der Waals surface area contributed by atoms with Crippen LogP contribution in [0.4, 0.5) is 5.69 Å². The number of amides is 2. The molecule has 1 aliphatic rings. The van der Waals surface area contributed by atoms with Crippen molar-refractivity contribution < 1.29 is 18.0 Å². The van der Waals surface area contributed by atoms with Crippen molar-refractivity contribution >= 4 is 38.9 Å². The molecule has 0 aliphatic carbocycles. The van der Waals surface area contributed by atoms with Gasteiger partial charge in [0.15, 0.2) is 0 Å². The third-order valence-electron chi connectivity index (χ3n) is 4.53. The van der Waals surface area contributed by atoms with Crippen molar-refractivity contribution in [1.82, 2.24) is 9.62 Å². The molecule has 27 heavy (non-hydrogen) atoms. The zero-order valence-corrected chi connectivity index (χ0v) is 16.5. The number of benzene rings is 1. The van der Waals surface area contributed by atoms with E-state index in [1.165, 1.54) is 15.6 Å². The highest BCUT2D eigenvalue weighted by Crippen LogP contribution is 2.27. The van der Waals surface area contributed by atoms with Crippen LogP contribution in [0.5, 0.6) is 0 Å². The van der Waals surface area contributed by atoms with E-state index in [9.17, 15) is 18.0 Å². The minimum atomic E-state index is -3.47. The number of rotatable bonds is 5. The summed E-state index contributed by atoms with van der Waals surface area (Å²) in [6, 6.07) is 10.0. The van der Waals surface area contributed by atoms with E-state index in [4.69, 9.17) is 0 Å². The third kappa shape index (κ3) is 4.37. The molecule has 9 heteroatoms. The second-order valence-electron chi connectivity index (χ2n) is 6.26. The highest BCUT2D eigenvalue weighted by Gasteiger charge is 2.32.